The SMILES string of the molecule is CCCCCCc1cccc(CC)c1CS(=O)[O-]. The monoisotopic (exact) mass is 267 g/mol. The van der Waals surface area contributed by atoms with Gasteiger partial charge in [-0.2, -0.15) is 0 Å². The van der Waals surface area contributed by atoms with Crippen molar-refractivity contribution in [1.82, 2.24) is 0 Å². The zero-order valence-electron chi connectivity index (χ0n) is 11.4. The van der Waals surface area contributed by atoms with Crippen molar-refractivity contribution in [2.45, 2.75) is 58.1 Å². The second-order valence-corrected chi connectivity index (χ2v) is 5.56. The average Bonchev–Trinajstić information content (AvgIpc) is 2.35. The summed E-state index contributed by atoms with van der Waals surface area (Å²) in [6.07, 6.45) is 6.77. The fourth-order valence-corrected chi connectivity index (χ4v) is 2.91. The molecule has 1 aromatic rings. The number of rotatable bonds is 8. The highest BCUT2D eigenvalue weighted by molar-refractivity contribution is 7.78. The molecule has 0 aromatic heterocycles. The molecule has 0 fully saturated rings. The number of aryl methyl sites for hydroxylation is 2. The molecule has 0 amide bonds. The second-order valence-electron chi connectivity index (χ2n) is 4.67. The summed E-state index contributed by atoms with van der Waals surface area (Å²) in [7, 11) is 0. The number of unbranched alkanes of at least 4 members (excludes halogenated alkanes) is 3. The van der Waals surface area contributed by atoms with Gasteiger partial charge < -0.3 is 4.55 Å². The van der Waals surface area contributed by atoms with Crippen molar-refractivity contribution in [2.24, 2.45) is 0 Å². The van der Waals surface area contributed by atoms with E-state index in [4.69, 9.17) is 0 Å². The fourth-order valence-electron chi connectivity index (χ4n) is 2.30. The highest BCUT2D eigenvalue weighted by Crippen LogP contribution is 2.20. The maximum atomic E-state index is 11.0. The van der Waals surface area contributed by atoms with Crippen LogP contribution in [0.1, 0.15) is 56.2 Å². The van der Waals surface area contributed by atoms with Crippen LogP contribution in [0.15, 0.2) is 18.2 Å². The Morgan fingerprint density at radius 3 is 2.44 bits per heavy atom. The van der Waals surface area contributed by atoms with Crippen LogP contribution in [0.3, 0.4) is 0 Å². The molecule has 0 saturated carbocycles. The minimum Gasteiger partial charge on any atom is -0.772 e. The van der Waals surface area contributed by atoms with Gasteiger partial charge in [0.1, 0.15) is 0 Å². The van der Waals surface area contributed by atoms with Crippen LogP contribution in [-0.4, -0.2) is 8.76 Å². The fraction of sp³-hybridized carbons (Fsp3) is 0.600. The average molecular weight is 267 g/mol. The highest BCUT2D eigenvalue weighted by Gasteiger charge is 2.07. The van der Waals surface area contributed by atoms with Gasteiger partial charge in [-0.25, -0.2) is 0 Å². The molecule has 18 heavy (non-hydrogen) atoms. The van der Waals surface area contributed by atoms with E-state index in [1.807, 2.05) is 12.1 Å². The van der Waals surface area contributed by atoms with Crippen LogP contribution in [0.2, 0.25) is 0 Å². The van der Waals surface area contributed by atoms with Crippen LogP contribution in [0.5, 0.6) is 0 Å². The molecule has 0 saturated heterocycles. The first kappa shape index (κ1) is 15.4. The second kappa shape index (κ2) is 8.44. The van der Waals surface area contributed by atoms with Gasteiger partial charge >= 0.3 is 0 Å². The first-order valence-corrected chi connectivity index (χ1v) is 8.08. The summed E-state index contributed by atoms with van der Waals surface area (Å²) in [6, 6.07) is 6.16. The smallest absolute Gasteiger partial charge is 0.0358 e. The van der Waals surface area contributed by atoms with E-state index < -0.39 is 11.1 Å². The lowest BCUT2D eigenvalue weighted by Crippen LogP contribution is -2.03. The Morgan fingerprint density at radius 1 is 1.11 bits per heavy atom. The minimum absolute atomic E-state index is 0.160. The van der Waals surface area contributed by atoms with E-state index in [0.717, 1.165) is 24.8 Å². The standard InChI is InChI=1S/C15H24O2S/c1-3-5-6-7-9-14-11-8-10-13(4-2)15(14)12-18(16)17/h8,10-11H,3-7,9,12H2,1-2H3,(H,16,17)/p-1. The lowest BCUT2D eigenvalue weighted by Gasteiger charge is -2.15. The topological polar surface area (TPSA) is 40.1 Å². The Morgan fingerprint density at radius 2 is 1.83 bits per heavy atom. The normalized spacial score (nSPS) is 12.6. The van der Waals surface area contributed by atoms with Crippen LogP contribution in [0.4, 0.5) is 0 Å². The van der Waals surface area contributed by atoms with Gasteiger partial charge in [-0.3, -0.25) is 4.21 Å². The molecule has 0 heterocycles. The number of hydrogen-bond donors (Lipinski definition) is 0. The maximum absolute atomic E-state index is 11.0. The number of benzene rings is 1. The molecule has 0 aliphatic heterocycles. The van der Waals surface area contributed by atoms with E-state index >= 15 is 0 Å². The molecule has 0 spiro atoms. The Kier molecular flexibility index (Phi) is 7.21. The Hall–Kier alpha value is -0.670. The third-order valence-corrected chi connectivity index (χ3v) is 3.84. The van der Waals surface area contributed by atoms with Crippen molar-refractivity contribution in [1.29, 1.82) is 0 Å². The van der Waals surface area contributed by atoms with E-state index in [0.29, 0.717) is 0 Å². The predicted octanol–water partition coefficient (Wildman–Crippen LogP) is 3.75. The van der Waals surface area contributed by atoms with Gasteiger partial charge in [-0.05, 0) is 36.0 Å². The van der Waals surface area contributed by atoms with Crippen LogP contribution in [0, 0.1) is 0 Å². The van der Waals surface area contributed by atoms with Gasteiger partial charge in [-0.1, -0.05) is 62.4 Å². The summed E-state index contributed by atoms with van der Waals surface area (Å²) >= 11 is -2.00. The van der Waals surface area contributed by atoms with Crippen LogP contribution < -0.4 is 0 Å². The lowest BCUT2D eigenvalue weighted by molar-refractivity contribution is 0.535. The predicted molar refractivity (Wildman–Crippen MR) is 76.3 cm³/mol. The van der Waals surface area contributed by atoms with Crippen molar-refractivity contribution < 1.29 is 8.76 Å². The molecule has 1 aromatic carbocycles. The van der Waals surface area contributed by atoms with Crippen molar-refractivity contribution >= 4 is 11.1 Å². The minimum atomic E-state index is -2.00. The first-order chi connectivity index (χ1) is 8.69. The summed E-state index contributed by atoms with van der Waals surface area (Å²) in [5, 5.41) is 0. The summed E-state index contributed by atoms with van der Waals surface area (Å²) in [6.45, 7) is 4.27. The van der Waals surface area contributed by atoms with E-state index in [1.165, 1.54) is 30.4 Å². The zero-order valence-corrected chi connectivity index (χ0v) is 12.2. The molecule has 3 heteroatoms. The largest absolute Gasteiger partial charge is 0.772 e. The van der Waals surface area contributed by atoms with Gasteiger partial charge in [0.05, 0.1) is 0 Å². The lowest BCUT2D eigenvalue weighted by atomic mass is 9.96. The molecule has 0 N–H and O–H groups in total. The van der Waals surface area contributed by atoms with Crippen molar-refractivity contribution in [3.05, 3.63) is 34.9 Å². The molecule has 1 rings (SSSR count). The molecule has 102 valence electrons. The Balaban J connectivity index is 2.78. The molecule has 1 unspecified atom stereocenters. The number of hydrogen-bond acceptors (Lipinski definition) is 2. The summed E-state index contributed by atoms with van der Waals surface area (Å²) in [5.74, 6) is 0.160. The van der Waals surface area contributed by atoms with E-state index in [1.54, 1.807) is 0 Å². The molecule has 2 nitrogen and oxygen atoms in total. The van der Waals surface area contributed by atoms with Crippen LogP contribution >= 0.6 is 0 Å². The van der Waals surface area contributed by atoms with Gasteiger partial charge in [0.2, 0.25) is 0 Å². The third-order valence-electron chi connectivity index (χ3n) is 3.31. The van der Waals surface area contributed by atoms with E-state index in [9.17, 15) is 8.76 Å². The summed E-state index contributed by atoms with van der Waals surface area (Å²) in [5.41, 5.74) is 3.42. The molecule has 0 radical (unpaired) electrons. The van der Waals surface area contributed by atoms with Gasteiger partial charge in [0.15, 0.2) is 0 Å². The molecule has 0 aliphatic carbocycles. The van der Waals surface area contributed by atoms with Gasteiger partial charge in [-0.15, -0.1) is 0 Å². The quantitative estimate of drug-likeness (QED) is 0.531. The summed E-state index contributed by atoms with van der Waals surface area (Å²) < 4.78 is 21.9. The van der Waals surface area contributed by atoms with Gasteiger partial charge in [0.25, 0.3) is 0 Å². The van der Waals surface area contributed by atoms with E-state index in [2.05, 4.69) is 19.9 Å². The van der Waals surface area contributed by atoms with Crippen LogP contribution in [-0.2, 0) is 29.7 Å². The molecule has 0 aliphatic rings. The Bertz CT molecular complexity index is 388. The highest BCUT2D eigenvalue weighted by atomic mass is 32.2. The molecular weight excluding hydrogens is 244 g/mol. The van der Waals surface area contributed by atoms with Gasteiger partial charge in [0, 0.05) is 5.75 Å². The zero-order chi connectivity index (χ0) is 13.4. The van der Waals surface area contributed by atoms with Crippen molar-refractivity contribution in [3.8, 4) is 0 Å². The molecular formula is C15H23O2S-. The van der Waals surface area contributed by atoms with Crippen molar-refractivity contribution in [3.63, 3.8) is 0 Å². The molecule has 1 atom stereocenters. The van der Waals surface area contributed by atoms with E-state index in [-0.39, 0.29) is 5.75 Å². The van der Waals surface area contributed by atoms with Crippen molar-refractivity contribution in [2.75, 3.05) is 0 Å². The third kappa shape index (κ3) is 4.91. The Labute approximate surface area is 113 Å². The summed E-state index contributed by atoms with van der Waals surface area (Å²) in [4.78, 5) is 0. The maximum Gasteiger partial charge on any atom is 0.0358 e. The molecule has 0 bridgehead atoms. The first-order valence-electron chi connectivity index (χ1n) is 6.84. The van der Waals surface area contributed by atoms with Crippen LogP contribution in [0.25, 0.3) is 0 Å².